The Morgan fingerprint density at radius 2 is 1.81 bits per heavy atom. The number of alkyl halides is 3. The van der Waals surface area contributed by atoms with Gasteiger partial charge in [-0.15, -0.1) is 0 Å². The van der Waals surface area contributed by atoms with Gasteiger partial charge in [-0.05, 0) is 48.6 Å². The number of benzene rings is 2. The van der Waals surface area contributed by atoms with Crippen molar-refractivity contribution in [3.8, 4) is 0 Å². The molecule has 3 rings (SSSR count). The molecule has 1 N–H and O–H groups in total. The molecule has 2 aromatic carbocycles. The first-order valence-electron chi connectivity index (χ1n) is 9.30. The van der Waals surface area contributed by atoms with Gasteiger partial charge in [0.25, 0.3) is 0 Å². The molecule has 0 unspecified atom stereocenters. The summed E-state index contributed by atoms with van der Waals surface area (Å²) in [7, 11) is 0. The number of carbonyl (C=O) groups excluding carboxylic acids is 1. The first-order valence-corrected chi connectivity index (χ1v) is 9.30. The Labute approximate surface area is 157 Å². The van der Waals surface area contributed by atoms with Crippen molar-refractivity contribution in [3.63, 3.8) is 0 Å². The third kappa shape index (κ3) is 3.81. The predicted molar refractivity (Wildman–Crippen MR) is 100.0 cm³/mol. The van der Waals surface area contributed by atoms with Crippen LogP contribution in [0.2, 0.25) is 0 Å². The van der Waals surface area contributed by atoms with E-state index in [0.29, 0.717) is 5.39 Å². The fraction of sp³-hybridized carbons (Fsp3) is 0.476. The van der Waals surface area contributed by atoms with Gasteiger partial charge in [-0.1, -0.05) is 49.7 Å². The standard InChI is InChI=1S/C21H25F3N2O/c1-4-5-8-14-9-6-11-16-15(14)10-7-12-17(16)18(21(22,23)24)26-13-20(2,3)19(27)25-26/h6-7,9-12,18H,4-5,8,13H2,1-3H3,(H,25,27)/t18-/m0/s1. The minimum atomic E-state index is -4.51. The largest absolute Gasteiger partial charge is 0.409 e. The highest BCUT2D eigenvalue weighted by Gasteiger charge is 2.51. The van der Waals surface area contributed by atoms with Crippen LogP contribution in [0.25, 0.3) is 10.8 Å². The average Bonchev–Trinajstić information content (AvgIpc) is 2.84. The molecule has 1 aliphatic heterocycles. The van der Waals surface area contributed by atoms with E-state index in [1.54, 1.807) is 26.0 Å². The first-order chi connectivity index (χ1) is 12.6. The molecule has 1 heterocycles. The lowest BCUT2D eigenvalue weighted by Crippen LogP contribution is -2.43. The van der Waals surface area contributed by atoms with Crippen molar-refractivity contribution in [2.45, 2.75) is 52.3 Å². The molecule has 3 nitrogen and oxygen atoms in total. The second kappa shape index (κ2) is 7.15. The van der Waals surface area contributed by atoms with Crippen LogP contribution >= 0.6 is 0 Å². The Hall–Kier alpha value is -2.08. The molecule has 0 aliphatic carbocycles. The number of hydrogen-bond acceptors (Lipinski definition) is 2. The topological polar surface area (TPSA) is 32.3 Å². The molecular weight excluding hydrogens is 353 g/mol. The van der Waals surface area contributed by atoms with Crippen LogP contribution in [0.4, 0.5) is 13.2 Å². The number of hydrazine groups is 1. The van der Waals surface area contributed by atoms with Crippen molar-refractivity contribution in [1.82, 2.24) is 10.4 Å². The van der Waals surface area contributed by atoms with Crippen LogP contribution in [0.15, 0.2) is 36.4 Å². The molecule has 0 spiro atoms. The SMILES string of the molecule is CCCCc1cccc2c([C@H](N3CC(C)(C)C(=O)N3)C(F)(F)F)cccc12. The Bertz CT molecular complexity index is 845. The van der Waals surface area contributed by atoms with E-state index >= 15 is 0 Å². The monoisotopic (exact) mass is 378 g/mol. The van der Waals surface area contributed by atoms with Gasteiger partial charge < -0.3 is 0 Å². The highest BCUT2D eigenvalue weighted by atomic mass is 19.4. The number of hydrogen-bond donors (Lipinski definition) is 1. The molecule has 0 radical (unpaired) electrons. The van der Waals surface area contributed by atoms with Crippen LogP contribution in [-0.2, 0) is 11.2 Å². The fourth-order valence-corrected chi connectivity index (χ4v) is 3.72. The van der Waals surface area contributed by atoms with Gasteiger partial charge in [0.1, 0.15) is 0 Å². The van der Waals surface area contributed by atoms with E-state index in [1.807, 2.05) is 18.2 Å². The number of nitrogens with zero attached hydrogens (tertiary/aromatic N) is 1. The van der Waals surface area contributed by atoms with Gasteiger partial charge in [-0.3, -0.25) is 10.2 Å². The molecule has 1 fully saturated rings. The normalized spacial score (nSPS) is 18.7. The highest BCUT2D eigenvalue weighted by molar-refractivity contribution is 5.89. The van der Waals surface area contributed by atoms with E-state index in [1.165, 1.54) is 6.07 Å². The number of amides is 1. The number of halogens is 3. The molecule has 1 atom stereocenters. The van der Waals surface area contributed by atoms with E-state index in [0.717, 1.165) is 35.2 Å². The maximum atomic E-state index is 14.1. The van der Waals surface area contributed by atoms with Gasteiger partial charge in [-0.25, -0.2) is 5.01 Å². The summed E-state index contributed by atoms with van der Waals surface area (Å²) in [6.07, 6.45) is -1.67. The number of unbranched alkanes of at least 4 members (excludes halogenated alkanes) is 1. The van der Waals surface area contributed by atoms with Crippen molar-refractivity contribution in [2.75, 3.05) is 6.54 Å². The lowest BCUT2D eigenvalue weighted by molar-refractivity contribution is -0.191. The molecule has 0 aromatic heterocycles. The Morgan fingerprint density at radius 3 is 2.41 bits per heavy atom. The van der Waals surface area contributed by atoms with Crippen molar-refractivity contribution >= 4 is 16.7 Å². The quantitative estimate of drug-likeness (QED) is 0.780. The molecule has 146 valence electrons. The lowest BCUT2D eigenvalue weighted by Gasteiger charge is -2.30. The zero-order valence-electron chi connectivity index (χ0n) is 15.9. The van der Waals surface area contributed by atoms with Gasteiger partial charge in [0.2, 0.25) is 5.91 Å². The summed E-state index contributed by atoms with van der Waals surface area (Å²) in [5.74, 6) is -0.388. The van der Waals surface area contributed by atoms with Crippen molar-refractivity contribution < 1.29 is 18.0 Å². The molecule has 2 aromatic rings. The van der Waals surface area contributed by atoms with Crippen LogP contribution < -0.4 is 5.43 Å². The summed E-state index contributed by atoms with van der Waals surface area (Å²) in [4.78, 5) is 12.1. The number of carbonyl (C=O) groups is 1. The van der Waals surface area contributed by atoms with Crippen molar-refractivity contribution in [3.05, 3.63) is 47.5 Å². The second-order valence-electron chi connectivity index (χ2n) is 7.86. The van der Waals surface area contributed by atoms with E-state index in [4.69, 9.17) is 0 Å². The molecular formula is C21H25F3N2O. The lowest BCUT2D eigenvalue weighted by atomic mass is 9.92. The van der Waals surface area contributed by atoms with E-state index in [-0.39, 0.29) is 18.0 Å². The second-order valence-corrected chi connectivity index (χ2v) is 7.86. The number of rotatable bonds is 5. The molecule has 27 heavy (non-hydrogen) atoms. The molecule has 1 aliphatic rings. The minimum Gasteiger partial charge on any atom is -0.287 e. The van der Waals surface area contributed by atoms with Crippen LogP contribution in [-0.4, -0.2) is 23.6 Å². The van der Waals surface area contributed by atoms with Crippen molar-refractivity contribution in [2.24, 2.45) is 5.41 Å². The summed E-state index contributed by atoms with van der Waals surface area (Å²) < 4.78 is 42.2. The first kappa shape index (κ1) is 19.7. The maximum Gasteiger partial charge on any atom is 0.409 e. The predicted octanol–water partition coefficient (Wildman–Crippen LogP) is 5.16. The van der Waals surface area contributed by atoms with Gasteiger partial charge in [0.05, 0.1) is 5.41 Å². The summed E-state index contributed by atoms with van der Waals surface area (Å²) in [6, 6.07) is 8.72. The molecule has 1 saturated heterocycles. The van der Waals surface area contributed by atoms with Gasteiger partial charge in [0, 0.05) is 6.54 Å². The third-order valence-electron chi connectivity index (χ3n) is 5.19. The summed E-state index contributed by atoms with van der Waals surface area (Å²) >= 11 is 0. The molecule has 0 saturated carbocycles. The Balaban J connectivity index is 2.11. The van der Waals surface area contributed by atoms with Crippen LogP contribution in [0, 0.1) is 5.41 Å². The minimum absolute atomic E-state index is 0.00191. The van der Waals surface area contributed by atoms with Crippen LogP contribution in [0.5, 0.6) is 0 Å². The smallest absolute Gasteiger partial charge is 0.287 e. The maximum absolute atomic E-state index is 14.1. The number of fused-ring (bicyclic) bond motifs is 1. The van der Waals surface area contributed by atoms with Gasteiger partial charge in [0.15, 0.2) is 6.04 Å². The molecule has 6 heteroatoms. The Morgan fingerprint density at radius 1 is 1.15 bits per heavy atom. The molecule has 0 bridgehead atoms. The third-order valence-corrected chi connectivity index (χ3v) is 5.19. The molecule has 1 amide bonds. The van der Waals surface area contributed by atoms with Crippen molar-refractivity contribution in [1.29, 1.82) is 0 Å². The zero-order valence-corrected chi connectivity index (χ0v) is 15.9. The van der Waals surface area contributed by atoms with Crippen LogP contribution in [0.1, 0.15) is 50.8 Å². The van der Waals surface area contributed by atoms with E-state index in [9.17, 15) is 18.0 Å². The summed E-state index contributed by atoms with van der Waals surface area (Å²) in [6.45, 7) is 5.40. The highest BCUT2D eigenvalue weighted by Crippen LogP contribution is 2.43. The number of nitrogens with one attached hydrogen (secondary N) is 1. The average molecular weight is 378 g/mol. The van der Waals surface area contributed by atoms with Gasteiger partial charge in [-0.2, -0.15) is 13.2 Å². The van der Waals surface area contributed by atoms with E-state index < -0.39 is 17.6 Å². The summed E-state index contributed by atoms with van der Waals surface area (Å²) in [5, 5.41) is 2.48. The number of aryl methyl sites for hydroxylation is 1. The van der Waals surface area contributed by atoms with Gasteiger partial charge >= 0.3 is 6.18 Å². The summed E-state index contributed by atoms with van der Waals surface area (Å²) in [5.41, 5.74) is 2.81. The van der Waals surface area contributed by atoms with E-state index in [2.05, 4.69) is 12.3 Å². The Kier molecular flexibility index (Phi) is 5.21. The fourth-order valence-electron chi connectivity index (χ4n) is 3.72. The zero-order chi connectivity index (χ0) is 19.8. The van der Waals surface area contributed by atoms with Crippen LogP contribution in [0.3, 0.4) is 0 Å².